The number of hydrogen-bond donors (Lipinski definition) is 1. The van der Waals surface area contributed by atoms with E-state index in [0.717, 1.165) is 10.5 Å². The number of carbonyl (C=O) groups excluding carboxylic acids is 1. The minimum Gasteiger partial charge on any atom is -0.497 e. The summed E-state index contributed by atoms with van der Waals surface area (Å²) in [4.78, 5) is 12.9. The zero-order valence-electron chi connectivity index (χ0n) is 13.7. The van der Waals surface area contributed by atoms with Crippen molar-refractivity contribution in [1.82, 2.24) is 5.32 Å². The molecular formula is C18H20FNO3S. The Labute approximate surface area is 145 Å². The molecule has 0 spiro atoms. The molecule has 0 radical (unpaired) electrons. The van der Waals surface area contributed by atoms with Gasteiger partial charge in [0.2, 0.25) is 5.91 Å². The number of rotatable bonds is 8. The summed E-state index contributed by atoms with van der Waals surface area (Å²) < 4.78 is 23.2. The smallest absolute Gasteiger partial charge is 0.221 e. The van der Waals surface area contributed by atoms with Gasteiger partial charge < -0.3 is 14.8 Å². The lowest BCUT2D eigenvalue weighted by Gasteiger charge is -2.09. The van der Waals surface area contributed by atoms with Gasteiger partial charge in [0.25, 0.3) is 0 Å². The predicted octanol–water partition coefficient (Wildman–Crippen LogP) is 3.64. The lowest BCUT2D eigenvalue weighted by Crippen LogP contribution is -2.23. The van der Waals surface area contributed by atoms with E-state index >= 15 is 0 Å². The van der Waals surface area contributed by atoms with Gasteiger partial charge in [0, 0.05) is 29.7 Å². The van der Waals surface area contributed by atoms with Gasteiger partial charge in [-0.2, -0.15) is 0 Å². The maximum atomic E-state index is 12.8. The number of halogens is 1. The molecule has 1 amide bonds. The number of ether oxygens (including phenoxy) is 2. The number of thioether (sulfide) groups is 1. The molecule has 4 nitrogen and oxygen atoms in total. The van der Waals surface area contributed by atoms with E-state index in [-0.39, 0.29) is 11.7 Å². The highest BCUT2D eigenvalue weighted by atomic mass is 32.2. The van der Waals surface area contributed by atoms with Crippen molar-refractivity contribution in [3.8, 4) is 11.5 Å². The first-order valence-electron chi connectivity index (χ1n) is 7.47. The van der Waals surface area contributed by atoms with Crippen LogP contribution in [0.2, 0.25) is 0 Å². The Morgan fingerprint density at radius 3 is 2.29 bits per heavy atom. The highest BCUT2D eigenvalue weighted by Crippen LogP contribution is 2.22. The first-order chi connectivity index (χ1) is 11.6. The summed E-state index contributed by atoms with van der Waals surface area (Å²) in [6.45, 7) is 0.410. The molecule has 24 heavy (non-hydrogen) atoms. The molecule has 1 N–H and O–H groups in total. The summed E-state index contributed by atoms with van der Waals surface area (Å²) in [7, 11) is 3.17. The van der Waals surface area contributed by atoms with E-state index in [1.165, 1.54) is 23.9 Å². The molecule has 0 saturated carbocycles. The van der Waals surface area contributed by atoms with Crippen LogP contribution in [0.3, 0.4) is 0 Å². The Hall–Kier alpha value is -2.21. The molecule has 0 aromatic heterocycles. The van der Waals surface area contributed by atoms with Crippen LogP contribution >= 0.6 is 11.8 Å². The van der Waals surface area contributed by atoms with Crippen molar-refractivity contribution in [2.45, 2.75) is 17.9 Å². The minimum absolute atomic E-state index is 0.0357. The number of hydrogen-bond acceptors (Lipinski definition) is 4. The van der Waals surface area contributed by atoms with Gasteiger partial charge in [-0.25, -0.2) is 4.39 Å². The van der Waals surface area contributed by atoms with Gasteiger partial charge in [-0.1, -0.05) is 0 Å². The Balaban J connectivity index is 1.77. The molecule has 0 atom stereocenters. The number of amides is 1. The van der Waals surface area contributed by atoms with Crippen LogP contribution in [0.25, 0.3) is 0 Å². The molecule has 0 heterocycles. The Morgan fingerprint density at radius 2 is 1.71 bits per heavy atom. The molecule has 128 valence electrons. The predicted molar refractivity (Wildman–Crippen MR) is 93.1 cm³/mol. The molecule has 0 unspecified atom stereocenters. The minimum atomic E-state index is -0.259. The van der Waals surface area contributed by atoms with Crippen LogP contribution < -0.4 is 14.8 Å². The van der Waals surface area contributed by atoms with Crippen LogP contribution in [0, 0.1) is 5.82 Å². The molecule has 2 aromatic rings. The Kier molecular flexibility index (Phi) is 6.93. The maximum absolute atomic E-state index is 12.8. The SMILES string of the molecule is COc1cc(CNC(=O)CCSc2ccc(F)cc2)cc(OC)c1. The summed E-state index contributed by atoms with van der Waals surface area (Å²) in [6, 6.07) is 11.7. The molecule has 6 heteroatoms. The fraction of sp³-hybridized carbons (Fsp3) is 0.278. The van der Waals surface area contributed by atoms with Crippen LogP contribution in [0.1, 0.15) is 12.0 Å². The second kappa shape index (κ2) is 9.17. The lowest BCUT2D eigenvalue weighted by atomic mass is 10.2. The average Bonchev–Trinajstić information content (AvgIpc) is 2.61. The van der Waals surface area contributed by atoms with Crippen molar-refractivity contribution in [1.29, 1.82) is 0 Å². The molecule has 0 aliphatic rings. The molecular weight excluding hydrogens is 329 g/mol. The molecule has 0 fully saturated rings. The summed E-state index contributed by atoms with van der Waals surface area (Å²) in [6.07, 6.45) is 0.392. The van der Waals surface area contributed by atoms with E-state index in [1.807, 2.05) is 12.1 Å². The van der Waals surface area contributed by atoms with E-state index in [4.69, 9.17) is 9.47 Å². The monoisotopic (exact) mass is 349 g/mol. The van der Waals surface area contributed by atoms with Crippen molar-refractivity contribution >= 4 is 17.7 Å². The molecule has 0 aliphatic heterocycles. The number of benzene rings is 2. The van der Waals surface area contributed by atoms with Gasteiger partial charge in [-0.3, -0.25) is 4.79 Å². The van der Waals surface area contributed by atoms with Crippen molar-refractivity contribution in [3.05, 3.63) is 53.8 Å². The molecule has 0 aliphatic carbocycles. The van der Waals surface area contributed by atoms with E-state index in [2.05, 4.69) is 5.32 Å². The normalized spacial score (nSPS) is 10.3. The van der Waals surface area contributed by atoms with Gasteiger partial charge in [-0.15, -0.1) is 11.8 Å². The molecule has 2 rings (SSSR count). The zero-order valence-corrected chi connectivity index (χ0v) is 14.5. The van der Waals surface area contributed by atoms with Crippen LogP contribution in [-0.2, 0) is 11.3 Å². The van der Waals surface area contributed by atoms with E-state index < -0.39 is 0 Å². The fourth-order valence-corrected chi connectivity index (χ4v) is 2.90. The summed E-state index contributed by atoms with van der Waals surface area (Å²) in [5.41, 5.74) is 0.908. The Morgan fingerprint density at radius 1 is 1.08 bits per heavy atom. The average molecular weight is 349 g/mol. The fourth-order valence-electron chi connectivity index (χ4n) is 2.05. The Bertz CT molecular complexity index is 654. The second-order valence-corrected chi connectivity index (χ2v) is 6.22. The number of carbonyl (C=O) groups is 1. The van der Waals surface area contributed by atoms with Crippen molar-refractivity contribution in [2.75, 3.05) is 20.0 Å². The van der Waals surface area contributed by atoms with Crippen LogP contribution in [0.4, 0.5) is 4.39 Å². The number of nitrogens with one attached hydrogen (secondary N) is 1. The first-order valence-corrected chi connectivity index (χ1v) is 8.46. The van der Waals surface area contributed by atoms with E-state index in [9.17, 15) is 9.18 Å². The first kappa shape index (κ1) is 18.1. The summed E-state index contributed by atoms with van der Waals surface area (Å²) in [5.74, 6) is 1.71. The summed E-state index contributed by atoms with van der Waals surface area (Å²) in [5, 5.41) is 2.87. The third-order valence-electron chi connectivity index (χ3n) is 3.31. The summed E-state index contributed by atoms with van der Waals surface area (Å²) >= 11 is 1.52. The van der Waals surface area contributed by atoms with E-state index in [0.29, 0.717) is 30.2 Å². The molecule has 2 aromatic carbocycles. The van der Waals surface area contributed by atoms with Crippen molar-refractivity contribution in [3.63, 3.8) is 0 Å². The number of methoxy groups -OCH3 is 2. The zero-order chi connectivity index (χ0) is 17.4. The maximum Gasteiger partial charge on any atom is 0.221 e. The van der Waals surface area contributed by atoms with Gasteiger partial charge in [0.1, 0.15) is 17.3 Å². The topological polar surface area (TPSA) is 47.6 Å². The van der Waals surface area contributed by atoms with Crippen molar-refractivity contribution < 1.29 is 18.7 Å². The second-order valence-electron chi connectivity index (χ2n) is 5.05. The standard InChI is InChI=1S/C18H20FNO3S/c1-22-15-9-13(10-16(11-15)23-2)12-20-18(21)7-8-24-17-5-3-14(19)4-6-17/h3-6,9-11H,7-8,12H2,1-2H3,(H,20,21). The van der Waals surface area contributed by atoms with Gasteiger partial charge in [0.15, 0.2) is 0 Å². The lowest BCUT2D eigenvalue weighted by molar-refractivity contribution is -0.120. The van der Waals surface area contributed by atoms with E-state index in [1.54, 1.807) is 32.4 Å². The van der Waals surface area contributed by atoms with Gasteiger partial charge >= 0.3 is 0 Å². The highest BCUT2D eigenvalue weighted by molar-refractivity contribution is 7.99. The third kappa shape index (κ3) is 5.77. The van der Waals surface area contributed by atoms with Crippen molar-refractivity contribution in [2.24, 2.45) is 0 Å². The molecule has 0 saturated heterocycles. The largest absolute Gasteiger partial charge is 0.497 e. The van der Waals surface area contributed by atoms with Gasteiger partial charge in [0.05, 0.1) is 14.2 Å². The highest BCUT2D eigenvalue weighted by Gasteiger charge is 2.05. The third-order valence-corrected chi connectivity index (χ3v) is 4.33. The van der Waals surface area contributed by atoms with Crippen LogP contribution in [0.15, 0.2) is 47.4 Å². The van der Waals surface area contributed by atoms with Crippen LogP contribution in [0.5, 0.6) is 11.5 Å². The quantitative estimate of drug-likeness (QED) is 0.739. The van der Waals surface area contributed by atoms with Crippen LogP contribution in [-0.4, -0.2) is 25.9 Å². The molecule has 0 bridgehead atoms. The van der Waals surface area contributed by atoms with Gasteiger partial charge in [-0.05, 0) is 42.0 Å².